The molecule has 29 heavy (non-hydrogen) atoms. The summed E-state index contributed by atoms with van der Waals surface area (Å²) in [6, 6.07) is 11.6. The molecule has 0 aliphatic carbocycles. The molecule has 144 valence electrons. The number of allylic oxidation sites excluding steroid dienone is 1. The molecule has 0 amide bonds. The maximum atomic E-state index is 13.3. The van der Waals surface area contributed by atoms with E-state index in [-0.39, 0.29) is 22.9 Å². The summed E-state index contributed by atoms with van der Waals surface area (Å²) in [4.78, 5) is 28.4. The lowest BCUT2D eigenvalue weighted by molar-refractivity contribution is -0.384. The summed E-state index contributed by atoms with van der Waals surface area (Å²) in [6.45, 7) is 1.93. The quantitative estimate of drug-likeness (QED) is 0.194. The molecule has 0 saturated carbocycles. The molecule has 6 nitrogen and oxygen atoms in total. The summed E-state index contributed by atoms with van der Waals surface area (Å²) in [5.74, 6) is -0.703. The molecule has 2 aromatic heterocycles. The zero-order valence-corrected chi connectivity index (χ0v) is 16.0. The Hall–Kier alpha value is -3.65. The number of carbonyl (C=O) groups excluding carboxylic acids is 1. The second-order valence-electron chi connectivity index (χ2n) is 6.35. The van der Waals surface area contributed by atoms with Crippen molar-refractivity contribution in [3.63, 3.8) is 0 Å². The SMILES string of the molecule is Cc1csc2nc(-c3ccc(F)cc3)c(/C=C/C(=O)c3cccc([N+](=O)[O-])c3)n12. The molecule has 0 atom stereocenters. The number of nitro benzene ring substituents is 1. The van der Waals surface area contributed by atoms with E-state index in [0.29, 0.717) is 11.4 Å². The molecule has 8 heteroatoms. The molecule has 2 aromatic carbocycles. The van der Waals surface area contributed by atoms with Crippen LogP contribution in [0.2, 0.25) is 0 Å². The number of benzene rings is 2. The molecular formula is C21H14FN3O3S. The highest BCUT2D eigenvalue weighted by atomic mass is 32.1. The fourth-order valence-corrected chi connectivity index (χ4v) is 3.89. The van der Waals surface area contributed by atoms with Crippen molar-refractivity contribution in [2.75, 3.05) is 0 Å². The summed E-state index contributed by atoms with van der Waals surface area (Å²) in [5.41, 5.74) is 3.07. The van der Waals surface area contributed by atoms with Crippen molar-refractivity contribution in [3.8, 4) is 11.3 Å². The molecule has 0 saturated heterocycles. The van der Waals surface area contributed by atoms with Crippen LogP contribution in [0.15, 0.2) is 60.0 Å². The Morgan fingerprint density at radius 2 is 2.00 bits per heavy atom. The summed E-state index contributed by atoms with van der Waals surface area (Å²) >= 11 is 1.47. The Balaban J connectivity index is 1.77. The van der Waals surface area contributed by atoms with E-state index < -0.39 is 4.92 Å². The Labute approximate surface area is 168 Å². The van der Waals surface area contributed by atoms with E-state index in [2.05, 4.69) is 4.98 Å². The zero-order valence-electron chi connectivity index (χ0n) is 15.2. The minimum absolute atomic E-state index is 0.142. The Morgan fingerprint density at radius 1 is 1.24 bits per heavy atom. The number of thiazole rings is 1. The van der Waals surface area contributed by atoms with Gasteiger partial charge in [-0.1, -0.05) is 12.1 Å². The molecule has 0 aliphatic heterocycles. The number of nitro groups is 1. The number of hydrogen-bond acceptors (Lipinski definition) is 5. The summed E-state index contributed by atoms with van der Waals surface area (Å²) in [7, 11) is 0. The first-order chi connectivity index (χ1) is 13.9. The number of carbonyl (C=O) groups is 1. The van der Waals surface area contributed by atoms with Crippen LogP contribution in [0.25, 0.3) is 22.3 Å². The lowest BCUT2D eigenvalue weighted by Gasteiger charge is -2.02. The molecule has 0 bridgehead atoms. The summed E-state index contributed by atoms with van der Waals surface area (Å²) < 4.78 is 15.2. The van der Waals surface area contributed by atoms with Gasteiger partial charge < -0.3 is 0 Å². The number of aromatic nitrogens is 2. The van der Waals surface area contributed by atoms with Crippen molar-refractivity contribution in [2.24, 2.45) is 0 Å². The minimum atomic E-state index is -0.539. The van der Waals surface area contributed by atoms with E-state index in [1.807, 2.05) is 16.7 Å². The smallest absolute Gasteiger partial charge is 0.270 e. The average molecular weight is 407 g/mol. The molecule has 4 rings (SSSR count). The third-order valence-corrected chi connectivity index (χ3v) is 5.37. The first-order valence-electron chi connectivity index (χ1n) is 8.63. The van der Waals surface area contributed by atoms with Crippen molar-refractivity contribution in [3.05, 3.63) is 92.9 Å². The molecular weight excluding hydrogens is 393 g/mol. The van der Waals surface area contributed by atoms with Crippen molar-refractivity contribution in [1.82, 2.24) is 9.38 Å². The number of aryl methyl sites for hydroxylation is 1. The molecule has 0 fully saturated rings. The van der Waals surface area contributed by atoms with E-state index in [0.717, 1.165) is 16.2 Å². The molecule has 0 spiro atoms. The lowest BCUT2D eigenvalue weighted by Crippen LogP contribution is -1.97. The van der Waals surface area contributed by atoms with Gasteiger partial charge in [-0.15, -0.1) is 11.3 Å². The molecule has 0 radical (unpaired) electrons. The zero-order chi connectivity index (χ0) is 20.5. The Kier molecular flexibility index (Phi) is 4.77. The highest BCUT2D eigenvalue weighted by Crippen LogP contribution is 2.29. The van der Waals surface area contributed by atoms with E-state index in [9.17, 15) is 19.3 Å². The highest BCUT2D eigenvalue weighted by Gasteiger charge is 2.16. The van der Waals surface area contributed by atoms with E-state index in [1.165, 1.54) is 53.8 Å². The minimum Gasteiger partial charge on any atom is -0.289 e. The number of non-ortho nitro benzene ring substituents is 1. The van der Waals surface area contributed by atoms with Gasteiger partial charge in [0.1, 0.15) is 5.82 Å². The number of halogens is 1. The van der Waals surface area contributed by atoms with Crippen LogP contribution >= 0.6 is 11.3 Å². The van der Waals surface area contributed by atoms with Crippen LogP contribution in [0.4, 0.5) is 10.1 Å². The number of rotatable bonds is 5. The first-order valence-corrected chi connectivity index (χ1v) is 9.51. The van der Waals surface area contributed by atoms with Gasteiger partial charge in [0.2, 0.25) is 0 Å². The topological polar surface area (TPSA) is 77.5 Å². The van der Waals surface area contributed by atoms with Gasteiger partial charge in [0.15, 0.2) is 10.7 Å². The Bertz CT molecular complexity index is 1270. The average Bonchev–Trinajstić information content (AvgIpc) is 3.26. The molecule has 2 heterocycles. The van der Waals surface area contributed by atoms with Gasteiger partial charge in [-0.3, -0.25) is 19.3 Å². The van der Waals surface area contributed by atoms with Crippen molar-refractivity contribution < 1.29 is 14.1 Å². The Morgan fingerprint density at radius 3 is 2.72 bits per heavy atom. The van der Waals surface area contributed by atoms with Crippen LogP contribution in [0, 0.1) is 22.9 Å². The van der Waals surface area contributed by atoms with E-state index in [4.69, 9.17) is 0 Å². The fourth-order valence-electron chi connectivity index (χ4n) is 3.02. The summed E-state index contributed by atoms with van der Waals surface area (Å²) in [6.07, 6.45) is 3.01. The van der Waals surface area contributed by atoms with Crippen LogP contribution in [0.3, 0.4) is 0 Å². The number of imidazole rings is 1. The number of fused-ring (bicyclic) bond motifs is 1. The third kappa shape index (κ3) is 3.57. The summed E-state index contributed by atoms with van der Waals surface area (Å²) in [5, 5.41) is 12.9. The largest absolute Gasteiger partial charge is 0.289 e. The van der Waals surface area contributed by atoms with E-state index >= 15 is 0 Å². The van der Waals surface area contributed by atoms with Crippen LogP contribution < -0.4 is 0 Å². The molecule has 0 aliphatic rings. The molecule has 4 aromatic rings. The second-order valence-corrected chi connectivity index (χ2v) is 7.19. The van der Waals surface area contributed by atoms with Gasteiger partial charge >= 0.3 is 0 Å². The van der Waals surface area contributed by atoms with Gasteiger partial charge in [-0.2, -0.15) is 0 Å². The standard InChI is InChI=1S/C21H14FN3O3S/c1-13-12-29-21-23-20(14-5-7-16(22)8-6-14)18(24(13)21)9-10-19(26)15-3-2-4-17(11-15)25(27)28/h2-12H,1H3/b10-9+. The van der Waals surface area contributed by atoms with Gasteiger partial charge in [-0.05, 0) is 43.3 Å². The number of nitrogens with zero attached hydrogens (tertiary/aromatic N) is 3. The first kappa shape index (κ1) is 18.7. The second kappa shape index (κ2) is 7.40. The van der Waals surface area contributed by atoms with Gasteiger partial charge in [0.25, 0.3) is 5.69 Å². The number of ketones is 1. The van der Waals surface area contributed by atoms with Crippen molar-refractivity contribution in [1.29, 1.82) is 0 Å². The monoisotopic (exact) mass is 407 g/mol. The normalized spacial score (nSPS) is 11.4. The van der Waals surface area contributed by atoms with Crippen LogP contribution in [0.5, 0.6) is 0 Å². The third-order valence-electron chi connectivity index (χ3n) is 4.42. The van der Waals surface area contributed by atoms with E-state index in [1.54, 1.807) is 18.2 Å². The maximum Gasteiger partial charge on any atom is 0.270 e. The predicted molar refractivity (Wildman–Crippen MR) is 110 cm³/mol. The number of hydrogen-bond donors (Lipinski definition) is 0. The molecule has 0 unspecified atom stereocenters. The van der Waals surface area contributed by atoms with Crippen molar-refractivity contribution in [2.45, 2.75) is 6.92 Å². The van der Waals surface area contributed by atoms with Crippen LogP contribution in [-0.4, -0.2) is 20.1 Å². The van der Waals surface area contributed by atoms with Crippen LogP contribution in [0.1, 0.15) is 21.7 Å². The predicted octanol–water partition coefficient (Wildman–Crippen LogP) is 5.31. The van der Waals surface area contributed by atoms with Gasteiger partial charge in [0.05, 0.1) is 16.3 Å². The van der Waals surface area contributed by atoms with Gasteiger partial charge in [-0.25, -0.2) is 9.37 Å². The van der Waals surface area contributed by atoms with Crippen LogP contribution in [-0.2, 0) is 0 Å². The molecule has 0 N–H and O–H groups in total. The van der Waals surface area contributed by atoms with Gasteiger partial charge in [0, 0.05) is 34.3 Å². The fraction of sp³-hybridized carbons (Fsp3) is 0.0476. The highest BCUT2D eigenvalue weighted by molar-refractivity contribution is 7.15. The maximum absolute atomic E-state index is 13.3. The lowest BCUT2D eigenvalue weighted by atomic mass is 10.1. The van der Waals surface area contributed by atoms with Crippen molar-refractivity contribution >= 4 is 33.8 Å².